The number of hydrogen-bond donors (Lipinski definition) is 1. The van der Waals surface area contributed by atoms with Crippen molar-refractivity contribution in [1.82, 2.24) is 4.98 Å². The molecule has 1 fully saturated rings. The fourth-order valence-corrected chi connectivity index (χ4v) is 3.45. The van der Waals surface area contributed by atoms with E-state index in [1.165, 1.54) is 4.88 Å². The number of carbonyl (C=O) groups is 1. The molecule has 1 aliphatic heterocycles. The number of hydrogen-bond acceptors (Lipinski definition) is 5. The fourth-order valence-electron chi connectivity index (χ4n) is 2.55. The lowest BCUT2D eigenvalue weighted by atomic mass is 10.1. The first-order chi connectivity index (χ1) is 11.5. The predicted octanol–water partition coefficient (Wildman–Crippen LogP) is 4.05. The molecule has 0 spiro atoms. The predicted molar refractivity (Wildman–Crippen MR) is 93.0 cm³/mol. The Balaban J connectivity index is 1.85. The highest BCUT2D eigenvalue weighted by Crippen LogP contribution is 2.32. The standard InChI is InChI=1S/C18H21NO4S/c1-11(2)16-8-19-17(24-16)13-5-14(18(20)21)7-15(6-13)23-10-12-3-4-22-9-12/h5-8,11-12H,3-4,9-10H2,1-2H3,(H,20,21)/t12-/m0/s1. The number of carboxylic acids is 1. The number of ether oxygens (including phenoxy) is 2. The van der Waals surface area contributed by atoms with E-state index in [4.69, 9.17) is 9.47 Å². The summed E-state index contributed by atoms with van der Waals surface area (Å²) in [5.74, 6) is 0.371. The van der Waals surface area contributed by atoms with Gasteiger partial charge in [0.2, 0.25) is 0 Å². The Hall–Kier alpha value is -1.92. The van der Waals surface area contributed by atoms with E-state index >= 15 is 0 Å². The van der Waals surface area contributed by atoms with Crippen LogP contribution in [0.5, 0.6) is 5.75 Å². The van der Waals surface area contributed by atoms with Gasteiger partial charge >= 0.3 is 5.97 Å². The second-order valence-electron chi connectivity index (χ2n) is 6.31. The third-order valence-corrected chi connectivity index (χ3v) is 5.35. The second-order valence-corrected chi connectivity index (χ2v) is 7.38. The SMILES string of the molecule is CC(C)c1cnc(-c2cc(OC[C@H]3CCOC3)cc(C(=O)O)c2)s1. The van der Waals surface area contributed by atoms with Gasteiger partial charge in [0.1, 0.15) is 10.8 Å². The van der Waals surface area contributed by atoms with E-state index in [0.717, 1.165) is 23.6 Å². The Labute approximate surface area is 145 Å². The second kappa shape index (κ2) is 7.32. The van der Waals surface area contributed by atoms with Crippen LogP contribution in [-0.4, -0.2) is 35.9 Å². The van der Waals surface area contributed by atoms with Gasteiger partial charge in [-0.15, -0.1) is 11.3 Å². The van der Waals surface area contributed by atoms with Gasteiger partial charge in [-0.05, 0) is 30.5 Å². The van der Waals surface area contributed by atoms with Crippen molar-refractivity contribution in [2.24, 2.45) is 5.92 Å². The Kier molecular flexibility index (Phi) is 5.16. The van der Waals surface area contributed by atoms with Crippen molar-refractivity contribution in [3.8, 4) is 16.3 Å². The minimum atomic E-state index is -0.966. The van der Waals surface area contributed by atoms with E-state index in [0.29, 0.717) is 30.8 Å². The number of carboxylic acid groups (broad SMARTS) is 1. The Morgan fingerprint density at radius 2 is 2.29 bits per heavy atom. The van der Waals surface area contributed by atoms with Gasteiger partial charge in [0.25, 0.3) is 0 Å². The lowest BCUT2D eigenvalue weighted by molar-refractivity contribution is 0.0696. The molecule has 1 aliphatic rings. The van der Waals surface area contributed by atoms with Crippen LogP contribution >= 0.6 is 11.3 Å². The van der Waals surface area contributed by atoms with Crippen LogP contribution in [0.2, 0.25) is 0 Å². The Bertz CT molecular complexity index is 720. The highest BCUT2D eigenvalue weighted by molar-refractivity contribution is 7.15. The van der Waals surface area contributed by atoms with Crippen LogP contribution in [0.1, 0.15) is 41.4 Å². The molecule has 1 saturated heterocycles. The summed E-state index contributed by atoms with van der Waals surface area (Å²) in [4.78, 5) is 17.0. The zero-order valence-corrected chi connectivity index (χ0v) is 14.6. The third kappa shape index (κ3) is 3.94. The van der Waals surface area contributed by atoms with E-state index in [9.17, 15) is 9.90 Å². The Morgan fingerprint density at radius 3 is 2.92 bits per heavy atom. The van der Waals surface area contributed by atoms with Crippen molar-refractivity contribution in [3.05, 3.63) is 34.8 Å². The zero-order chi connectivity index (χ0) is 17.1. The minimum Gasteiger partial charge on any atom is -0.493 e. The molecule has 0 unspecified atom stereocenters. The number of nitrogens with zero attached hydrogens (tertiary/aromatic N) is 1. The summed E-state index contributed by atoms with van der Waals surface area (Å²) in [7, 11) is 0. The molecule has 2 aromatic rings. The largest absolute Gasteiger partial charge is 0.493 e. The van der Waals surface area contributed by atoms with E-state index < -0.39 is 5.97 Å². The normalized spacial score (nSPS) is 17.4. The first-order valence-corrected chi connectivity index (χ1v) is 8.89. The summed E-state index contributed by atoms with van der Waals surface area (Å²) in [6.07, 6.45) is 2.84. The summed E-state index contributed by atoms with van der Waals surface area (Å²) in [5.41, 5.74) is 0.996. The maximum Gasteiger partial charge on any atom is 0.335 e. The Morgan fingerprint density at radius 1 is 1.46 bits per heavy atom. The smallest absolute Gasteiger partial charge is 0.335 e. The van der Waals surface area contributed by atoms with Crippen LogP contribution in [0.3, 0.4) is 0 Å². The van der Waals surface area contributed by atoms with Crippen molar-refractivity contribution in [2.75, 3.05) is 19.8 Å². The first-order valence-electron chi connectivity index (χ1n) is 8.08. The van der Waals surface area contributed by atoms with Crippen molar-refractivity contribution in [2.45, 2.75) is 26.2 Å². The number of thiazole rings is 1. The molecule has 0 bridgehead atoms. The molecule has 0 amide bonds. The van der Waals surface area contributed by atoms with Crippen molar-refractivity contribution in [3.63, 3.8) is 0 Å². The van der Waals surface area contributed by atoms with Gasteiger partial charge in [0.15, 0.2) is 0 Å². The van der Waals surface area contributed by atoms with Crippen LogP contribution in [0.25, 0.3) is 10.6 Å². The van der Waals surface area contributed by atoms with Gasteiger partial charge in [-0.25, -0.2) is 9.78 Å². The van der Waals surface area contributed by atoms with Gasteiger partial charge in [-0.1, -0.05) is 13.8 Å². The summed E-state index contributed by atoms with van der Waals surface area (Å²) in [6, 6.07) is 5.08. The summed E-state index contributed by atoms with van der Waals surface area (Å²) in [5, 5.41) is 10.2. The highest BCUT2D eigenvalue weighted by atomic mass is 32.1. The highest BCUT2D eigenvalue weighted by Gasteiger charge is 2.18. The van der Waals surface area contributed by atoms with Gasteiger partial charge in [-0.3, -0.25) is 0 Å². The third-order valence-electron chi connectivity index (χ3n) is 4.00. The fraction of sp³-hybridized carbons (Fsp3) is 0.444. The molecular formula is C18H21NO4S. The van der Waals surface area contributed by atoms with Crippen LogP contribution < -0.4 is 4.74 Å². The molecule has 1 N–H and O–H groups in total. The lowest BCUT2D eigenvalue weighted by Gasteiger charge is -2.12. The van der Waals surface area contributed by atoms with Crippen molar-refractivity contribution < 1.29 is 19.4 Å². The van der Waals surface area contributed by atoms with E-state index in [1.807, 2.05) is 12.3 Å². The molecule has 0 radical (unpaired) electrons. The number of benzene rings is 1. The minimum absolute atomic E-state index is 0.214. The molecule has 0 saturated carbocycles. The molecule has 1 atom stereocenters. The summed E-state index contributed by atoms with van der Waals surface area (Å²) in [6.45, 7) is 6.24. The van der Waals surface area contributed by atoms with Gasteiger partial charge in [0.05, 0.1) is 18.8 Å². The average Bonchev–Trinajstić information content (AvgIpc) is 3.24. The quantitative estimate of drug-likeness (QED) is 0.854. The van der Waals surface area contributed by atoms with Gasteiger partial charge < -0.3 is 14.6 Å². The molecule has 1 aromatic carbocycles. The molecular weight excluding hydrogens is 326 g/mol. The maximum absolute atomic E-state index is 11.4. The molecule has 0 aliphatic carbocycles. The number of rotatable bonds is 6. The lowest BCUT2D eigenvalue weighted by Crippen LogP contribution is -2.12. The number of aromatic carboxylic acids is 1. The topological polar surface area (TPSA) is 68.7 Å². The molecule has 6 heteroatoms. The molecule has 128 valence electrons. The first kappa shape index (κ1) is 16.9. The van der Waals surface area contributed by atoms with E-state index in [2.05, 4.69) is 18.8 Å². The van der Waals surface area contributed by atoms with Crippen molar-refractivity contribution in [1.29, 1.82) is 0 Å². The molecule has 2 heterocycles. The average molecular weight is 347 g/mol. The van der Waals surface area contributed by atoms with E-state index in [-0.39, 0.29) is 5.56 Å². The van der Waals surface area contributed by atoms with E-state index in [1.54, 1.807) is 23.5 Å². The molecule has 1 aromatic heterocycles. The maximum atomic E-state index is 11.4. The molecule has 24 heavy (non-hydrogen) atoms. The van der Waals surface area contributed by atoms with Crippen LogP contribution in [0.4, 0.5) is 0 Å². The summed E-state index contributed by atoms with van der Waals surface area (Å²) >= 11 is 1.59. The van der Waals surface area contributed by atoms with Crippen LogP contribution in [-0.2, 0) is 4.74 Å². The van der Waals surface area contributed by atoms with Gasteiger partial charge in [-0.2, -0.15) is 0 Å². The van der Waals surface area contributed by atoms with Gasteiger partial charge in [0, 0.05) is 29.2 Å². The van der Waals surface area contributed by atoms with Crippen LogP contribution in [0.15, 0.2) is 24.4 Å². The summed E-state index contributed by atoms with van der Waals surface area (Å²) < 4.78 is 11.2. The molecule has 5 nitrogen and oxygen atoms in total. The molecule has 3 rings (SSSR count). The monoisotopic (exact) mass is 347 g/mol. The van der Waals surface area contributed by atoms with Crippen molar-refractivity contribution >= 4 is 17.3 Å². The van der Waals surface area contributed by atoms with Crippen LogP contribution in [0, 0.1) is 5.92 Å². The number of aromatic nitrogens is 1. The zero-order valence-electron chi connectivity index (χ0n) is 13.8.